The molecular formula is C24H21N5O4. The van der Waals surface area contributed by atoms with Crippen molar-refractivity contribution in [3.8, 4) is 17.5 Å². The fraction of sp³-hybridized carbons (Fsp3) is 0.167. The fourth-order valence-corrected chi connectivity index (χ4v) is 3.69. The smallest absolute Gasteiger partial charge is 0.363 e. The van der Waals surface area contributed by atoms with Crippen LogP contribution in [0.25, 0.3) is 5.69 Å². The average Bonchev–Trinajstić information content (AvgIpc) is 3.39. The molecule has 0 saturated heterocycles. The molecule has 2 heterocycles. The van der Waals surface area contributed by atoms with E-state index in [1.54, 1.807) is 30.1 Å². The molecule has 3 aromatic rings. The first-order valence-electron chi connectivity index (χ1n) is 10.1. The highest BCUT2D eigenvalue weighted by Crippen LogP contribution is 2.40. The Morgan fingerprint density at radius 2 is 1.61 bits per heavy atom. The second-order valence-corrected chi connectivity index (χ2v) is 7.24. The van der Waals surface area contributed by atoms with E-state index in [0.29, 0.717) is 5.82 Å². The van der Waals surface area contributed by atoms with Gasteiger partial charge in [-0.3, -0.25) is 4.79 Å². The lowest BCUT2D eigenvalue weighted by atomic mass is 10.2. The maximum atomic E-state index is 12.9. The SMILES string of the molecule is COc1cn(-c2ccccc2)nc1C(=O)OCC(=O)C(C#N)=C1N(C)c2ccccc2N1C. The number of esters is 1. The Hall–Kier alpha value is -4.58. The highest BCUT2D eigenvalue weighted by Gasteiger charge is 2.32. The predicted octanol–water partition coefficient (Wildman–Crippen LogP) is 2.93. The van der Waals surface area contributed by atoms with Crippen LogP contribution in [-0.2, 0) is 9.53 Å². The van der Waals surface area contributed by atoms with Gasteiger partial charge >= 0.3 is 5.97 Å². The number of fused-ring (bicyclic) bond motifs is 1. The average molecular weight is 443 g/mol. The third-order valence-corrected chi connectivity index (χ3v) is 5.30. The van der Waals surface area contributed by atoms with Gasteiger partial charge in [-0.2, -0.15) is 10.4 Å². The van der Waals surface area contributed by atoms with Crippen LogP contribution in [0, 0.1) is 11.3 Å². The van der Waals surface area contributed by atoms with Gasteiger partial charge in [0.25, 0.3) is 0 Å². The van der Waals surface area contributed by atoms with E-state index < -0.39 is 18.4 Å². The first-order chi connectivity index (χ1) is 16.0. The molecule has 2 aromatic carbocycles. The van der Waals surface area contributed by atoms with Crippen LogP contribution in [0.3, 0.4) is 0 Å². The van der Waals surface area contributed by atoms with E-state index >= 15 is 0 Å². The van der Waals surface area contributed by atoms with Gasteiger partial charge in [0, 0.05) is 14.1 Å². The van der Waals surface area contributed by atoms with Crippen molar-refractivity contribution in [2.45, 2.75) is 0 Å². The molecular weight excluding hydrogens is 422 g/mol. The molecule has 0 bridgehead atoms. The van der Waals surface area contributed by atoms with Gasteiger partial charge in [0.15, 0.2) is 12.4 Å². The van der Waals surface area contributed by atoms with Crippen LogP contribution in [0.2, 0.25) is 0 Å². The highest BCUT2D eigenvalue weighted by molar-refractivity contribution is 6.04. The molecule has 4 rings (SSSR count). The minimum Gasteiger partial charge on any atom is -0.493 e. The minimum absolute atomic E-state index is 0.0668. The number of methoxy groups -OCH3 is 1. The van der Waals surface area contributed by atoms with Crippen molar-refractivity contribution in [2.75, 3.05) is 37.6 Å². The summed E-state index contributed by atoms with van der Waals surface area (Å²) < 4.78 is 11.9. The number of ether oxygens (including phenoxy) is 2. The lowest BCUT2D eigenvalue weighted by molar-refractivity contribution is -0.118. The molecule has 0 saturated carbocycles. The van der Waals surface area contributed by atoms with Crippen molar-refractivity contribution in [1.29, 1.82) is 5.26 Å². The highest BCUT2D eigenvalue weighted by atomic mass is 16.5. The summed E-state index contributed by atoms with van der Waals surface area (Å²) in [5.41, 5.74) is 2.29. The maximum absolute atomic E-state index is 12.9. The molecule has 0 N–H and O–H groups in total. The minimum atomic E-state index is -0.825. The summed E-state index contributed by atoms with van der Waals surface area (Å²) in [6.07, 6.45) is 1.55. The van der Waals surface area contributed by atoms with Gasteiger partial charge in [-0.1, -0.05) is 30.3 Å². The standard InChI is InChI=1S/C24H21N5O4/c1-27-18-11-7-8-12-19(18)28(2)23(27)17(13-25)20(30)15-33-24(31)22-21(32-3)14-29(26-22)16-9-5-4-6-10-16/h4-12,14H,15H2,1-3H3. The van der Waals surface area contributed by atoms with E-state index in [1.807, 2.05) is 60.7 Å². The fourth-order valence-electron chi connectivity index (χ4n) is 3.69. The van der Waals surface area contributed by atoms with Gasteiger partial charge in [-0.15, -0.1) is 0 Å². The first-order valence-corrected chi connectivity index (χ1v) is 10.1. The molecule has 0 radical (unpaired) electrons. The van der Waals surface area contributed by atoms with Crippen LogP contribution < -0.4 is 14.5 Å². The van der Waals surface area contributed by atoms with Crippen molar-refractivity contribution in [1.82, 2.24) is 9.78 Å². The number of benzene rings is 2. The second kappa shape index (κ2) is 8.88. The Morgan fingerprint density at radius 3 is 2.18 bits per heavy atom. The Labute approximate surface area is 190 Å². The van der Waals surface area contributed by atoms with E-state index in [2.05, 4.69) is 5.10 Å². The molecule has 0 atom stereocenters. The van der Waals surface area contributed by atoms with E-state index in [4.69, 9.17) is 9.47 Å². The monoisotopic (exact) mass is 443 g/mol. The number of Topliss-reactive ketones (excluding diaryl/α,β-unsaturated/α-hetero) is 1. The number of hydrogen-bond donors (Lipinski definition) is 0. The summed E-state index contributed by atoms with van der Waals surface area (Å²) in [6.45, 7) is -0.607. The lowest BCUT2D eigenvalue weighted by Crippen LogP contribution is -2.28. The zero-order valence-corrected chi connectivity index (χ0v) is 18.3. The van der Waals surface area contributed by atoms with E-state index in [9.17, 15) is 14.9 Å². The van der Waals surface area contributed by atoms with Crippen molar-refractivity contribution in [2.24, 2.45) is 0 Å². The van der Waals surface area contributed by atoms with E-state index in [-0.39, 0.29) is 17.0 Å². The number of hydrogen-bond acceptors (Lipinski definition) is 8. The third-order valence-electron chi connectivity index (χ3n) is 5.30. The van der Waals surface area contributed by atoms with Gasteiger partial charge < -0.3 is 19.3 Å². The van der Waals surface area contributed by atoms with Gasteiger partial charge in [-0.05, 0) is 24.3 Å². The van der Waals surface area contributed by atoms with E-state index in [1.165, 1.54) is 11.8 Å². The van der Waals surface area contributed by atoms with E-state index in [0.717, 1.165) is 17.1 Å². The molecule has 166 valence electrons. The third kappa shape index (κ3) is 3.90. The summed E-state index contributed by atoms with van der Waals surface area (Å²) in [5, 5.41) is 13.9. The summed E-state index contributed by atoms with van der Waals surface area (Å²) in [6, 6.07) is 18.7. The normalized spacial score (nSPS) is 12.2. The molecule has 0 spiro atoms. The molecule has 9 nitrogen and oxygen atoms in total. The number of anilines is 2. The molecule has 0 fully saturated rings. The van der Waals surface area contributed by atoms with Crippen LogP contribution in [0.5, 0.6) is 5.75 Å². The zero-order valence-electron chi connectivity index (χ0n) is 18.3. The summed E-state index contributed by atoms with van der Waals surface area (Å²) in [7, 11) is 4.96. The van der Waals surface area contributed by atoms with Gasteiger partial charge in [0.2, 0.25) is 11.5 Å². The second-order valence-electron chi connectivity index (χ2n) is 7.24. The molecule has 33 heavy (non-hydrogen) atoms. The quantitative estimate of drug-likeness (QED) is 0.326. The number of carbonyl (C=O) groups is 2. The molecule has 1 aliphatic rings. The van der Waals surface area contributed by atoms with Gasteiger partial charge in [0.05, 0.1) is 30.4 Å². The summed E-state index contributed by atoms with van der Waals surface area (Å²) in [5.74, 6) is -0.811. The number of nitrogens with zero attached hydrogens (tertiary/aromatic N) is 5. The Bertz CT molecular complexity index is 1260. The zero-order chi connectivity index (χ0) is 23.5. The lowest BCUT2D eigenvalue weighted by Gasteiger charge is -2.19. The topological polar surface area (TPSA) is 101 Å². The van der Waals surface area contributed by atoms with Gasteiger partial charge in [0.1, 0.15) is 17.5 Å². The van der Waals surface area contributed by atoms with Crippen LogP contribution >= 0.6 is 0 Å². The van der Waals surface area contributed by atoms with Crippen molar-refractivity contribution in [3.05, 3.63) is 77.9 Å². The van der Waals surface area contributed by atoms with Crippen LogP contribution in [-0.4, -0.2) is 49.3 Å². The van der Waals surface area contributed by atoms with Crippen molar-refractivity contribution in [3.63, 3.8) is 0 Å². The Kier molecular flexibility index (Phi) is 5.83. The first kappa shape index (κ1) is 21.6. The molecule has 1 aliphatic heterocycles. The largest absolute Gasteiger partial charge is 0.493 e. The van der Waals surface area contributed by atoms with Crippen molar-refractivity contribution < 1.29 is 19.1 Å². The number of aromatic nitrogens is 2. The molecule has 0 amide bonds. The van der Waals surface area contributed by atoms with Crippen LogP contribution in [0.1, 0.15) is 10.5 Å². The Balaban J connectivity index is 1.53. The Morgan fingerprint density at radius 1 is 1.00 bits per heavy atom. The molecule has 0 unspecified atom stereocenters. The molecule has 1 aromatic heterocycles. The molecule has 9 heteroatoms. The number of carbonyl (C=O) groups excluding carboxylic acids is 2. The number of para-hydroxylation sites is 3. The number of rotatable bonds is 6. The van der Waals surface area contributed by atoms with Crippen LogP contribution in [0.15, 0.2) is 72.2 Å². The van der Waals surface area contributed by atoms with Gasteiger partial charge in [-0.25, -0.2) is 9.48 Å². The van der Waals surface area contributed by atoms with Crippen molar-refractivity contribution >= 4 is 23.1 Å². The number of ketones is 1. The summed E-state index contributed by atoms with van der Waals surface area (Å²) in [4.78, 5) is 29.0. The summed E-state index contributed by atoms with van der Waals surface area (Å²) >= 11 is 0. The number of nitriles is 1. The van der Waals surface area contributed by atoms with Crippen LogP contribution in [0.4, 0.5) is 11.4 Å². The maximum Gasteiger partial charge on any atom is 0.363 e. The predicted molar refractivity (Wildman–Crippen MR) is 121 cm³/mol. The molecule has 0 aliphatic carbocycles.